The second kappa shape index (κ2) is 19.7. The lowest BCUT2D eigenvalue weighted by molar-refractivity contribution is -0.170. The maximum absolute atomic E-state index is 13.6. The van der Waals surface area contributed by atoms with Crippen LogP contribution in [0.5, 0.6) is 0 Å². The second-order valence-electron chi connectivity index (χ2n) is 12.6. The number of Topliss-reactive ketones (excluding diaryl/α,β-unsaturated/α-hetero) is 1. The number of halogens is 3. The normalized spacial score (nSPS) is 12.9. The Kier molecular flexibility index (Phi) is 15.5. The second-order valence-corrected chi connectivity index (χ2v) is 12.6. The molecule has 22 heteroatoms. The highest BCUT2D eigenvalue weighted by Crippen LogP contribution is 2.26. The molecule has 0 saturated heterocycles. The number of H-pyrrole nitrogens is 1. The van der Waals surface area contributed by atoms with Gasteiger partial charge in [0.2, 0.25) is 11.9 Å². The molecule has 0 aliphatic carbocycles. The number of unbranched alkanes of at least 4 members (excludes halogenated alkanes) is 2. The Morgan fingerprint density at radius 1 is 0.875 bits per heavy atom. The molecule has 56 heavy (non-hydrogen) atoms. The molecule has 0 saturated carbocycles. The van der Waals surface area contributed by atoms with Gasteiger partial charge in [0.1, 0.15) is 17.9 Å². The van der Waals surface area contributed by atoms with Gasteiger partial charge in [0, 0.05) is 30.5 Å². The largest absolute Gasteiger partial charge is 0.481 e. The number of aromatic amines is 1. The standard InChI is InChI=1S/C34H39F3N8O11/c1-2-3-4-5-22(30(52)53)41-24(47)13-8-18(29(50)51)14-21(46)11-12-23(31(54)55)42-27(48)17-6-9-20(10-7-17)45(32(56)34(35,36)37)16-19-15-39-26-25(40-19)28(49)44-33(38)43-26/h6-7,9-10,15,18,22-23H,2-5,8,11-14,16H2,1H3,(H,41,47)(H,42,48)(H,50,51)(H,52,53)(H,54,55)(H3,38,39,43,44,49)/t18-,22-,23+/m0/s1. The van der Waals surface area contributed by atoms with Crippen LogP contribution in [0.25, 0.3) is 11.2 Å². The predicted molar refractivity (Wildman–Crippen MR) is 188 cm³/mol. The van der Waals surface area contributed by atoms with Crippen LogP contribution < -0.4 is 26.8 Å². The maximum atomic E-state index is 13.6. The number of anilines is 2. The minimum absolute atomic E-state index is 0.188. The van der Waals surface area contributed by atoms with Crippen molar-refractivity contribution in [2.24, 2.45) is 5.92 Å². The van der Waals surface area contributed by atoms with Crippen LogP contribution in [0.15, 0.2) is 35.3 Å². The number of alkyl halides is 3. The van der Waals surface area contributed by atoms with Crippen molar-refractivity contribution in [2.45, 2.75) is 89.5 Å². The molecule has 1 aromatic carbocycles. The topological polar surface area (TPSA) is 305 Å². The van der Waals surface area contributed by atoms with E-state index in [2.05, 4.69) is 30.6 Å². The Bertz CT molecular complexity index is 2010. The van der Waals surface area contributed by atoms with E-state index in [0.717, 1.165) is 43.3 Å². The van der Waals surface area contributed by atoms with Crippen LogP contribution in [0.3, 0.4) is 0 Å². The quantitative estimate of drug-likeness (QED) is 0.0759. The van der Waals surface area contributed by atoms with Crippen LogP contribution in [0.1, 0.15) is 80.8 Å². The number of aromatic nitrogens is 4. The number of aliphatic carboxylic acids is 3. The van der Waals surface area contributed by atoms with E-state index in [1.807, 2.05) is 6.92 Å². The summed E-state index contributed by atoms with van der Waals surface area (Å²) in [6.45, 7) is 1.09. The molecular weight excluding hydrogens is 753 g/mol. The lowest BCUT2D eigenvalue weighted by Crippen LogP contribution is -2.42. The van der Waals surface area contributed by atoms with Crippen molar-refractivity contribution in [3.8, 4) is 0 Å². The smallest absolute Gasteiger partial charge is 0.471 e. The summed E-state index contributed by atoms with van der Waals surface area (Å²) in [6, 6.07) is 1.14. The molecule has 2 aromatic heterocycles. The van der Waals surface area contributed by atoms with Crippen molar-refractivity contribution in [2.75, 3.05) is 10.6 Å². The highest BCUT2D eigenvalue weighted by molar-refractivity contribution is 5.99. The zero-order valence-corrected chi connectivity index (χ0v) is 29.8. The van der Waals surface area contributed by atoms with Crippen LogP contribution >= 0.6 is 0 Å². The molecule has 0 fully saturated rings. The number of rotatable bonds is 21. The van der Waals surface area contributed by atoms with E-state index in [-0.39, 0.29) is 58.2 Å². The summed E-state index contributed by atoms with van der Waals surface area (Å²) in [5, 5.41) is 33.1. The van der Waals surface area contributed by atoms with Gasteiger partial charge in [-0.3, -0.25) is 38.7 Å². The van der Waals surface area contributed by atoms with Crippen LogP contribution in [0.4, 0.5) is 24.8 Å². The van der Waals surface area contributed by atoms with Crippen molar-refractivity contribution in [1.29, 1.82) is 0 Å². The average molecular weight is 793 g/mol. The van der Waals surface area contributed by atoms with Gasteiger partial charge in [0.05, 0.1) is 24.4 Å². The molecule has 302 valence electrons. The first kappa shape index (κ1) is 43.9. The molecule has 19 nitrogen and oxygen atoms in total. The van der Waals surface area contributed by atoms with Crippen molar-refractivity contribution in [3.63, 3.8) is 0 Å². The van der Waals surface area contributed by atoms with Crippen LogP contribution in [-0.2, 0) is 35.3 Å². The molecule has 0 aliphatic rings. The first-order chi connectivity index (χ1) is 26.3. The molecule has 0 spiro atoms. The van der Waals surface area contributed by atoms with Crippen molar-refractivity contribution >= 4 is 64.2 Å². The molecule has 3 atom stereocenters. The number of ketones is 1. The SMILES string of the molecule is CCCCC[C@H](NC(=O)CC[C@@H](CC(=O)CC[C@@H](NC(=O)c1ccc(N(Cc2cnc3nc(N)[nH]c(=O)c3n2)C(=O)C(F)(F)F)cc1)C(=O)O)C(=O)O)C(=O)O. The molecule has 0 aliphatic heterocycles. The van der Waals surface area contributed by atoms with Gasteiger partial charge >= 0.3 is 30.0 Å². The van der Waals surface area contributed by atoms with E-state index in [1.54, 1.807) is 0 Å². The number of amides is 3. The van der Waals surface area contributed by atoms with Crippen molar-refractivity contribution in [3.05, 3.63) is 52.1 Å². The lowest BCUT2D eigenvalue weighted by atomic mass is 9.94. The van der Waals surface area contributed by atoms with Crippen LogP contribution in [0.2, 0.25) is 0 Å². The third kappa shape index (κ3) is 12.8. The number of carboxylic acid groups (broad SMARTS) is 3. The van der Waals surface area contributed by atoms with Gasteiger partial charge in [-0.25, -0.2) is 19.6 Å². The fraction of sp³-hybridized carbons (Fsp3) is 0.441. The van der Waals surface area contributed by atoms with Crippen LogP contribution in [0, 0.1) is 5.92 Å². The number of nitrogens with one attached hydrogen (secondary N) is 3. The Hall–Kier alpha value is -6.48. The van der Waals surface area contributed by atoms with E-state index >= 15 is 0 Å². The lowest BCUT2D eigenvalue weighted by Gasteiger charge is -2.24. The first-order valence-electron chi connectivity index (χ1n) is 17.1. The van der Waals surface area contributed by atoms with E-state index in [9.17, 15) is 66.8 Å². The minimum atomic E-state index is -5.36. The number of hydrogen-bond donors (Lipinski definition) is 7. The van der Waals surface area contributed by atoms with Gasteiger partial charge in [0.15, 0.2) is 11.2 Å². The third-order valence-electron chi connectivity index (χ3n) is 8.32. The Morgan fingerprint density at radius 2 is 1.52 bits per heavy atom. The monoisotopic (exact) mass is 792 g/mol. The number of fused-ring (bicyclic) bond motifs is 1. The highest BCUT2D eigenvalue weighted by atomic mass is 19.4. The van der Waals surface area contributed by atoms with E-state index in [1.165, 1.54) is 0 Å². The van der Waals surface area contributed by atoms with Gasteiger partial charge in [-0.05, 0) is 43.5 Å². The van der Waals surface area contributed by atoms with Crippen molar-refractivity contribution < 1.29 is 62.1 Å². The molecule has 2 heterocycles. The predicted octanol–water partition coefficient (Wildman–Crippen LogP) is 1.94. The highest BCUT2D eigenvalue weighted by Gasteiger charge is 2.43. The number of carbonyl (C=O) groups is 7. The maximum Gasteiger partial charge on any atom is 0.471 e. The molecular formula is C34H39F3N8O11. The number of carbonyl (C=O) groups excluding carboxylic acids is 4. The third-order valence-corrected chi connectivity index (χ3v) is 8.32. The summed E-state index contributed by atoms with van der Waals surface area (Å²) in [4.78, 5) is 112. The molecule has 0 unspecified atom stereocenters. The molecule has 3 amide bonds. The Morgan fingerprint density at radius 3 is 2.11 bits per heavy atom. The fourth-order valence-corrected chi connectivity index (χ4v) is 5.36. The first-order valence-corrected chi connectivity index (χ1v) is 17.1. The Labute approximate surface area is 314 Å². The number of nitrogens with zero attached hydrogens (tertiary/aromatic N) is 4. The summed E-state index contributed by atoms with van der Waals surface area (Å²) < 4.78 is 40.7. The number of hydrogen-bond acceptors (Lipinski definition) is 12. The number of nitrogens with two attached hydrogens (primary N) is 1. The fourth-order valence-electron chi connectivity index (χ4n) is 5.36. The number of carboxylic acids is 3. The molecule has 3 aromatic rings. The number of nitrogen functional groups attached to an aromatic ring is 1. The zero-order chi connectivity index (χ0) is 41.7. The van der Waals surface area contributed by atoms with Gasteiger partial charge in [-0.1, -0.05) is 26.2 Å². The van der Waals surface area contributed by atoms with E-state index in [4.69, 9.17) is 5.73 Å². The van der Waals surface area contributed by atoms with Gasteiger partial charge in [-0.2, -0.15) is 18.2 Å². The molecule has 3 rings (SSSR count). The van der Waals surface area contributed by atoms with Gasteiger partial charge in [0.25, 0.3) is 11.5 Å². The molecule has 0 radical (unpaired) electrons. The van der Waals surface area contributed by atoms with E-state index < -0.39 is 97.0 Å². The summed E-state index contributed by atoms with van der Waals surface area (Å²) in [5.74, 6) is -10.6. The van der Waals surface area contributed by atoms with Gasteiger partial charge < -0.3 is 31.7 Å². The molecule has 8 N–H and O–H groups in total. The zero-order valence-electron chi connectivity index (χ0n) is 29.8. The summed E-state index contributed by atoms with van der Waals surface area (Å²) in [7, 11) is 0. The van der Waals surface area contributed by atoms with Crippen LogP contribution in [-0.4, -0.2) is 94.9 Å². The summed E-state index contributed by atoms with van der Waals surface area (Å²) in [5.41, 5.74) is 3.22. The van der Waals surface area contributed by atoms with Crippen molar-refractivity contribution in [1.82, 2.24) is 30.6 Å². The Balaban J connectivity index is 1.64. The van der Waals surface area contributed by atoms with Gasteiger partial charge in [-0.15, -0.1) is 0 Å². The average Bonchev–Trinajstić information content (AvgIpc) is 3.12. The molecule has 0 bridgehead atoms. The summed E-state index contributed by atoms with van der Waals surface area (Å²) >= 11 is 0. The summed E-state index contributed by atoms with van der Waals surface area (Å²) in [6.07, 6.45) is -4.29. The minimum Gasteiger partial charge on any atom is -0.481 e. The number of benzene rings is 1. The van der Waals surface area contributed by atoms with E-state index in [0.29, 0.717) is 6.42 Å².